The summed E-state index contributed by atoms with van der Waals surface area (Å²) >= 11 is 0. The predicted molar refractivity (Wildman–Crippen MR) is 76.7 cm³/mol. The van der Waals surface area contributed by atoms with Gasteiger partial charge in [-0.3, -0.25) is 10.1 Å². The number of piperidine rings is 1. The Morgan fingerprint density at radius 3 is 3.00 bits per heavy atom. The van der Waals surface area contributed by atoms with Crippen LogP contribution >= 0.6 is 0 Å². The molecule has 1 atom stereocenters. The number of aromatic carboxylic acids is 1. The third-order valence-electron chi connectivity index (χ3n) is 3.58. The minimum atomic E-state index is -1.19. The molecule has 1 aromatic heterocycles. The zero-order chi connectivity index (χ0) is 15.4. The van der Waals surface area contributed by atoms with Crippen LogP contribution in [0.1, 0.15) is 23.3 Å². The van der Waals surface area contributed by atoms with Crippen molar-refractivity contribution in [3.8, 4) is 0 Å². The molecule has 0 amide bonds. The molecule has 2 heterocycles. The molecule has 1 saturated heterocycles. The van der Waals surface area contributed by atoms with Gasteiger partial charge in [0.2, 0.25) is 5.82 Å². The Balaban J connectivity index is 2.33. The number of nitrogens with one attached hydrogen (secondary N) is 1. The zero-order valence-electron chi connectivity index (χ0n) is 11.8. The third-order valence-corrected chi connectivity index (χ3v) is 3.58. The van der Waals surface area contributed by atoms with Crippen LogP contribution in [-0.2, 0) is 0 Å². The first kappa shape index (κ1) is 15.2. The third kappa shape index (κ3) is 3.46. The summed E-state index contributed by atoms with van der Waals surface area (Å²) in [6, 6.07) is 2.38. The Kier molecular flexibility index (Phi) is 4.69. The van der Waals surface area contributed by atoms with E-state index in [9.17, 15) is 14.9 Å². The van der Waals surface area contributed by atoms with Gasteiger partial charge in [-0.05, 0) is 38.4 Å². The molecule has 1 unspecified atom stereocenters. The van der Waals surface area contributed by atoms with Crippen molar-refractivity contribution in [1.29, 1.82) is 0 Å². The molecule has 2 N–H and O–H groups in total. The van der Waals surface area contributed by atoms with E-state index in [4.69, 9.17) is 5.11 Å². The number of carboxylic acid groups (broad SMARTS) is 1. The van der Waals surface area contributed by atoms with Crippen molar-refractivity contribution in [3.05, 3.63) is 27.9 Å². The minimum absolute atomic E-state index is 0.148. The Hall–Kier alpha value is -2.22. The van der Waals surface area contributed by atoms with Crippen LogP contribution in [0.2, 0.25) is 0 Å². The summed E-state index contributed by atoms with van der Waals surface area (Å²) in [6.45, 7) is 2.11. The number of anilines is 1. The first-order valence-corrected chi connectivity index (χ1v) is 6.81. The summed E-state index contributed by atoms with van der Waals surface area (Å²) in [7, 11) is 1.87. The van der Waals surface area contributed by atoms with Crippen LogP contribution in [0, 0.1) is 16.0 Å². The van der Waals surface area contributed by atoms with Crippen LogP contribution in [0.15, 0.2) is 12.1 Å². The van der Waals surface area contributed by atoms with Gasteiger partial charge < -0.3 is 15.3 Å². The lowest BCUT2D eigenvalue weighted by Gasteiger charge is -2.33. The Morgan fingerprint density at radius 1 is 1.62 bits per heavy atom. The summed E-state index contributed by atoms with van der Waals surface area (Å²) in [4.78, 5) is 27.4. The Labute approximate surface area is 121 Å². The molecule has 0 aromatic carbocycles. The van der Waals surface area contributed by atoms with Crippen LogP contribution in [0.5, 0.6) is 0 Å². The van der Waals surface area contributed by atoms with Gasteiger partial charge >= 0.3 is 11.7 Å². The van der Waals surface area contributed by atoms with E-state index in [1.165, 1.54) is 12.1 Å². The monoisotopic (exact) mass is 294 g/mol. The lowest BCUT2D eigenvalue weighted by Crippen LogP contribution is -2.39. The normalized spacial score (nSPS) is 18.5. The van der Waals surface area contributed by atoms with Crippen LogP contribution in [0.3, 0.4) is 0 Å². The highest BCUT2D eigenvalue weighted by molar-refractivity contribution is 5.86. The van der Waals surface area contributed by atoms with E-state index in [0.29, 0.717) is 19.0 Å². The summed E-state index contributed by atoms with van der Waals surface area (Å²) in [5.41, 5.74) is -0.323. The van der Waals surface area contributed by atoms with Gasteiger partial charge in [0, 0.05) is 19.2 Å². The van der Waals surface area contributed by atoms with Crippen molar-refractivity contribution in [2.75, 3.05) is 31.6 Å². The predicted octanol–water partition coefficient (Wildman–Crippen LogP) is 1.12. The molecular formula is C13H18N4O4. The number of pyridine rings is 1. The van der Waals surface area contributed by atoms with Crippen molar-refractivity contribution in [1.82, 2.24) is 10.3 Å². The molecule has 0 radical (unpaired) electrons. The second-order valence-corrected chi connectivity index (χ2v) is 5.11. The van der Waals surface area contributed by atoms with E-state index >= 15 is 0 Å². The standard InChI is InChI=1S/C13H18N4O4/c1-14-7-9-3-2-6-16(8-9)12-11(17(20)21)5-4-10(15-12)13(18)19/h4-5,9,14H,2-3,6-8H2,1H3,(H,18,19). The van der Waals surface area contributed by atoms with Gasteiger partial charge in [0.1, 0.15) is 0 Å². The first-order chi connectivity index (χ1) is 10.0. The van der Waals surface area contributed by atoms with Crippen molar-refractivity contribution >= 4 is 17.5 Å². The summed E-state index contributed by atoms with van der Waals surface area (Å²) < 4.78 is 0. The Bertz CT molecular complexity index is 547. The fourth-order valence-corrected chi connectivity index (χ4v) is 2.65. The van der Waals surface area contributed by atoms with E-state index in [1.807, 2.05) is 11.9 Å². The first-order valence-electron chi connectivity index (χ1n) is 6.81. The van der Waals surface area contributed by atoms with Gasteiger partial charge in [0.25, 0.3) is 0 Å². The number of nitrogens with zero attached hydrogens (tertiary/aromatic N) is 3. The van der Waals surface area contributed by atoms with Crippen molar-refractivity contribution in [3.63, 3.8) is 0 Å². The number of carbonyl (C=O) groups is 1. The van der Waals surface area contributed by atoms with Crippen LogP contribution in [-0.4, -0.2) is 47.7 Å². The maximum atomic E-state index is 11.1. The number of rotatable bonds is 5. The molecule has 1 aliphatic heterocycles. The molecule has 1 fully saturated rings. The van der Waals surface area contributed by atoms with E-state index in [1.54, 1.807) is 0 Å². The number of nitro groups is 1. The van der Waals surface area contributed by atoms with E-state index in [0.717, 1.165) is 19.4 Å². The zero-order valence-corrected chi connectivity index (χ0v) is 11.8. The number of hydrogen-bond donors (Lipinski definition) is 2. The second-order valence-electron chi connectivity index (χ2n) is 5.11. The highest BCUT2D eigenvalue weighted by atomic mass is 16.6. The number of aromatic nitrogens is 1. The van der Waals surface area contributed by atoms with Crippen molar-refractivity contribution in [2.45, 2.75) is 12.8 Å². The molecular weight excluding hydrogens is 276 g/mol. The highest BCUT2D eigenvalue weighted by Crippen LogP contribution is 2.29. The van der Waals surface area contributed by atoms with Gasteiger partial charge in [-0.1, -0.05) is 0 Å². The molecule has 2 rings (SSSR count). The van der Waals surface area contributed by atoms with E-state index < -0.39 is 10.9 Å². The quantitative estimate of drug-likeness (QED) is 0.618. The summed E-state index contributed by atoms with van der Waals surface area (Å²) in [5.74, 6) is -0.658. The molecule has 1 aromatic rings. The maximum Gasteiger partial charge on any atom is 0.354 e. The lowest BCUT2D eigenvalue weighted by atomic mass is 9.98. The SMILES string of the molecule is CNCC1CCCN(c2nc(C(=O)O)ccc2[N+](=O)[O-])C1. The summed E-state index contributed by atoms with van der Waals surface area (Å²) in [6.07, 6.45) is 1.95. The average molecular weight is 294 g/mol. The van der Waals surface area contributed by atoms with E-state index in [-0.39, 0.29) is 17.2 Å². The van der Waals surface area contributed by atoms with Crippen molar-refractivity contribution in [2.24, 2.45) is 5.92 Å². The maximum absolute atomic E-state index is 11.1. The second kappa shape index (κ2) is 6.49. The Morgan fingerprint density at radius 2 is 2.38 bits per heavy atom. The molecule has 1 aliphatic rings. The van der Waals surface area contributed by atoms with Crippen LogP contribution < -0.4 is 10.2 Å². The molecule has 21 heavy (non-hydrogen) atoms. The molecule has 8 heteroatoms. The topological polar surface area (TPSA) is 109 Å². The number of carboxylic acids is 1. The van der Waals surface area contributed by atoms with Gasteiger partial charge in [0.15, 0.2) is 5.69 Å². The summed E-state index contributed by atoms with van der Waals surface area (Å²) in [5, 5.41) is 23.2. The molecule has 114 valence electrons. The fraction of sp³-hybridized carbons (Fsp3) is 0.538. The van der Waals surface area contributed by atoms with Crippen molar-refractivity contribution < 1.29 is 14.8 Å². The molecule has 0 bridgehead atoms. The van der Waals surface area contributed by atoms with Gasteiger partial charge in [-0.25, -0.2) is 9.78 Å². The smallest absolute Gasteiger partial charge is 0.354 e. The minimum Gasteiger partial charge on any atom is -0.477 e. The fourth-order valence-electron chi connectivity index (χ4n) is 2.65. The molecule has 0 aliphatic carbocycles. The largest absolute Gasteiger partial charge is 0.477 e. The van der Waals surface area contributed by atoms with Crippen LogP contribution in [0.4, 0.5) is 11.5 Å². The van der Waals surface area contributed by atoms with Crippen LogP contribution in [0.25, 0.3) is 0 Å². The highest BCUT2D eigenvalue weighted by Gasteiger charge is 2.27. The molecule has 0 saturated carbocycles. The average Bonchev–Trinajstić information content (AvgIpc) is 2.47. The molecule has 8 nitrogen and oxygen atoms in total. The van der Waals surface area contributed by atoms with Gasteiger partial charge in [-0.15, -0.1) is 0 Å². The van der Waals surface area contributed by atoms with E-state index in [2.05, 4.69) is 10.3 Å². The van der Waals surface area contributed by atoms with Gasteiger partial charge in [0.05, 0.1) is 4.92 Å². The number of hydrogen-bond acceptors (Lipinski definition) is 6. The van der Waals surface area contributed by atoms with Gasteiger partial charge in [-0.2, -0.15) is 0 Å². The lowest BCUT2D eigenvalue weighted by molar-refractivity contribution is -0.384. The molecule has 0 spiro atoms.